The smallest absolute Gasteiger partial charge is 0.212 e. The topological polar surface area (TPSA) is 133 Å². The third-order valence-electron chi connectivity index (χ3n) is 4.70. The van der Waals surface area contributed by atoms with Crippen molar-refractivity contribution < 1.29 is 15.0 Å². The van der Waals surface area contributed by atoms with E-state index >= 15 is 0 Å². The van der Waals surface area contributed by atoms with Crippen LogP contribution in [0.5, 0.6) is 0 Å². The van der Waals surface area contributed by atoms with Crippen molar-refractivity contribution in [3.8, 4) is 0 Å². The number of ether oxygens (including phenoxy) is 1. The number of methoxy groups -OCH3 is 1. The largest absolute Gasteiger partial charge is 0.501 e. The predicted octanol–water partition coefficient (Wildman–Crippen LogP) is 1.45. The maximum atomic E-state index is 10.6. The van der Waals surface area contributed by atoms with Gasteiger partial charge in [-0.25, -0.2) is 4.99 Å². The number of nitrogens with one attached hydrogen (secondary N) is 2. The summed E-state index contributed by atoms with van der Waals surface area (Å²) in [6.45, 7) is 8.57. The van der Waals surface area contributed by atoms with Gasteiger partial charge in [0.1, 0.15) is 5.84 Å². The summed E-state index contributed by atoms with van der Waals surface area (Å²) in [4.78, 5) is 19.0. The molecule has 2 aliphatic heterocycles. The lowest BCUT2D eigenvalue weighted by atomic mass is 10.0. The van der Waals surface area contributed by atoms with E-state index in [0.717, 1.165) is 34.1 Å². The van der Waals surface area contributed by atoms with E-state index in [1.807, 2.05) is 13.8 Å². The van der Waals surface area contributed by atoms with E-state index in [1.165, 1.54) is 32.1 Å². The highest BCUT2D eigenvalue weighted by atomic mass is 16.5. The minimum absolute atomic E-state index is 0. The van der Waals surface area contributed by atoms with Gasteiger partial charge >= 0.3 is 0 Å². The predicted molar refractivity (Wildman–Crippen MR) is 115 cm³/mol. The highest BCUT2D eigenvalue weighted by Gasteiger charge is 2.23. The van der Waals surface area contributed by atoms with Gasteiger partial charge in [-0.3, -0.25) is 9.79 Å². The Hall–Kier alpha value is -2.45. The molecule has 0 aromatic carbocycles. The number of piperidine rings is 1. The van der Waals surface area contributed by atoms with Crippen LogP contribution in [0.2, 0.25) is 0 Å². The summed E-state index contributed by atoms with van der Waals surface area (Å²) >= 11 is 0. The van der Waals surface area contributed by atoms with Crippen LogP contribution >= 0.6 is 0 Å². The van der Waals surface area contributed by atoms with Crippen molar-refractivity contribution in [2.75, 3.05) is 27.2 Å². The fourth-order valence-corrected chi connectivity index (χ4v) is 2.88. The second-order valence-electron chi connectivity index (χ2n) is 6.65. The average Bonchev–Trinajstić information content (AvgIpc) is 3.10. The van der Waals surface area contributed by atoms with Gasteiger partial charge in [0.15, 0.2) is 0 Å². The standard InChI is InChI=1S/C14H20N4O2.C6H13N.H2O/c1-9(11(6-15)7-16-3)14-12(10(2)20-4)5-13(18-14)17-8-19;1-6-2-4-7-5-3-6;/h6-8H,5,15H2,1-4H3,(H,17,18,19);6-7H,2-5H2,1H3;1H2/b11-6?,12-10+,14-9-,16-7?;;. The van der Waals surface area contributed by atoms with Crippen LogP contribution in [0.15, 0.2) is 44.4 Å². The van der Waals surface area contributed by atoms with Gasteiger partial charge in [-0.1, -0.05) is 6.92 Å². The lowest BCUT2D eigenvalue weighted by molar-refractivity contribution is -0.108. The number of rotatable bonds is 4. The summed E-state index contributed by atoms with van der Waals surface area (Å²) in [6, 6.07) is 0. The van der Waals surface area contributed by atoms with E-state index in [0.29, 0.717) is 18.7 Å². The molecule has 2 aliphatic rings. The molecule has 2 heterocycles. The number of amidine groups is 1. The lowest BCUT2D eigenvalue weighted by Gasteiger charge is -2.17. The van der Waals surface area contributed by atoms with Crippen LogP contribution in [0.4, 0.5) is 0 Å². The molecular weight excluding hydrogens is 358 g/mol. The summed E-state index contributed by atoms with van der Waals surface area (Å²) in [6.07, 6.45) is 7.04. The van der Waals surface area contributed by atoms with E-state index in [9.17, 15) is 4.79 Å². The quantitative estimate of drug-likeness (QED) is 0.379. The van der Waals surface area contributed by atoms with Crippen LogP contribution in [0.25, 0.3) is 0 Å². The Kier molecular flexibility index (Phi) is 12.5. The minimum Gasteiger partial charge on any atom is -0.501 e. The van der Waals surface area contributed by atoms with Crippen molar-refractivity contribution in [2.45, 2.75) is 40.0 Å². The fraction of sp³-hybridized carbons (Fsp3) is 0.550. The molecular formula is C20H35N5O3. The summed E-state index contributed by atoms with van der Waals surface area (Å²) in [5, 5.41) is 5.90. The van der Waals surface area contributed by atoms with Gasteiger partial charge < -0.3 is 26.6 Å². The molecule has 0 spiro atoms. The van der Waals surface area contributed by atoms with E-state index < -0.39 is 0 Å². The molecule has 1 amide bonds. The molecule has 2 rings (SSSR count). The highest BCUT2D eigenvalue weighted by Crippen LogP contribution is 2.31. The van der Waals surface area contributed by atoms with E-state index in [4.69, 9.17) is 10.5 Å². The molecule has 158 valence electrons. The van der Waals surface area contributed by atoms with Gasteiger partial charge in [0, 0.05) is 37.0 Å². The van der Waals surface area contributed by atoms with Gasteiger partial charge in [-0.05, 0) is 51.3 Å². The van der Waals surface area contributed by atoms with Crippen molar-refractivity contribution in [1.82, 2.24) is 10.6 Å². The maximum absolute atomic E-state index is 10.6. The van der Waals surface area contributed by atoms with Crippen molar-refractivity contribution in [3.05, 3.63) is 34.4 Å². The molecule has 0 aliphatic carbocycles. The second-order valence-corrected chi connectivity index (χ2v) is 6.65. The fourth-order valence-electron chi connectivity index (χ4n) is 2.88. The first-order valence-corrected chi connectivity index (χ1v) is 9.26. The van der Waals surface area contributed by atoms with Gasteiger partial charge in [0.25, 0.3) is 0 Å². The zero-order chi connectivity index (χ0) is 20.2. The zero-order valence-electron chi connectivity index (χ0n) is 17.6. The van der Waals surface area contributed by atoms with Gasteiger partial charge in [0.2, 0.25) is 6.41 Å². The Labute approximate surface area is 168 Å². The SMILES string of the molecule is CC1CCNCC1.CN=CC(=CN)/C(C)=C1\N=C(NC=O)C\C1=C(\C)OC.O. The first-order chi connectivity index (χ1) is 13.0. The number of aliphatic imine (C=N–C) groups is 2. The third-order valence-corrected chi connectivity index (χ3v) is 4.70. The first-order valence-electron chi connectivity index (χ1n) is 9.26. The molecule has 0 radical (unpaired) electrons. The lowest BCUT2D eigenvalue weighted by Crippen LogP contribution is -2.26. The summed E-state index contributed by atoms with van der Waals surface area (Å²) in [7, 11) is 3.28. The van der Waals surface area contributed by atoms with Crippen LogP contribution in [0, 0.1) is 5.92 Å². The summed E-state index contributed by atoms with van der Waals surface area (Å²) in [5.74, 6) is 2.32. The number of hydrogen-bond donors (Lipinski definition) is 3. The molecule has 0 aromatic rings. The third kappa shape index (κ3) is 7.66. The number of hydrogen-bond acceptors (Lipinski definition) is 6. The van der Waals surface area contributed by atoms with E-state index in [2.05, 4.69) is 27.5 Å². The normalized spacial score (nSPS) is 21.2. The monoisotopic (exact) mass is 393 g/mol. The number of carbonyl (C=O) groups excluding carboxylic acids is 1. The highest BCUT2D eigenvalue weighted by molar-refractivity contribution is 5.97. The van der Waals surface area contributed by atoms with Crippen LogP contribution in [-0.2, 0) is 9.53 Å². The molecule has 0 bridgehead atoms. The van der Waals surface area contributed by atoms with Crippen molar-refractivity contribution in [3.63, 3.8) is 0 Å². The molecule has 8 heteroatoms. The van der Waals surface area contributed by atoms with Gasteiger partial charge in [-0.2, -0.15) is 0 Å². The molecule has 0 aromatic heterocycles. The van der Waals surface area contributed by atoms with Crippen molar-refractivity contribution >= 4 is 18.5 Å². The Balaban J connectivity index is 0.000000765. The Morgan fingerprint density at radius 1 is 1.36 bits per heavy atom. The molecule has 28 heavy (non-hydrogen) atoms. The van der Waals surface area contributed by atoms with Gasteiger partial charge in [-0.15, -0.1) is 0 Å². The zero-order valence-corrected chi connectivity index (χ0v) is 17.6. The average molecular weight is 394 g/mol. The number of amides is 1. The molecule has 6 N–H and O–H groups in total. The number of allylic oxidation sites excluding steroid dienone is 4. The van der Waals surface area contributed by atoms with Crippen LogP contribution < -0.4 is 16.4 Å². The molecule has 0 saturated carbocycles. The summed E-state index contributed by atoms with van der Waals surface area (Å²) in [5.41, 5.74) is 8.96. The Morgan fingerprint density at radius 2 is 2.00 bits per heavy atom. The van der Waals surface area contributed by atoms with Crippen LogP contribution in [0.3, 0.4) is 0 Å². The number of nitrogens with zero attached hydrogens (tertiary/aromatic N) is 2. The number of nitrogens with two attached hydrogens (primary N) is 1. The second kappa shape index (κ2) is 13.7. The Morgan fingerprint density at radius 3 is 2.43 bits per heavy atom. The summed E-state index contributed by atoms with van der Waals surface area (Å²) < 4.78 is 5.29. The maximum Gasteiger partial charge on any atom is 0.212 e. The minimum atomic E-state index is 0. The number of carbonyl (C=O) groups is 1. The molecule has 1 fully saturated rings. The molecule has 0 unspecified atom stereocenters. The molecule has 0 atom stereocenters. The Bertz CT molecular complexity index is 657. The van der Waals surface area contributed by atoms with Crippen LogP contribution in [-0.4, -0.2) is 51.2 Å². The van der Waals surface area contributed by atoms with E-state index in [1.54, 1.807) is 20.4 Å². The van der Waals surface area contributed by atoms with Crippen LogP contribution in [0.1, 0.15) is 40.0 Å². The molecule has 1 saturated heterocycles. The van der Waals surface area contributed by atoms with E-state index in [-0.39, 0.29) is 5.48 Å². The van der Waals surface area contributed by atoms with Crippen molar-refractivity contribution in [2.24, 2.45) is 21.6 Å². The first kappa shape index (κ1) is 25.6. The molecule has 8 nitrogen and oxygen atoms in total. The van der Waals surface area contributed by atoms with Crippen molar-refractivity contribution in [1.29, 1.82) is 0 Å². The van der Waals surface area contributed by atoms with Gasteiger partial charge in [0.05, 0.1) is 18.6 Å².